The van der Waals surface area contributed by atoms with E-state index >= 15 is 0 Å². The van der Waals surface area contributed by atoms with Gasteiger partial charge in [-0.3, -0.25) is 19.2 Å². The Hall–Kier alpha value is -1.84. The summed E-state index contributed by atoms with van der Waals surface area (Å²) >= 11 is 0. The van der Waals surface area contributed by atoms with Gasteiger partial charge in [-0.1, -0.05) is 37.1 Å². The monoisotopic (exact) mass is 332 g/mol. The maximum absolute atomic E-state index is 13.1. The number of Topliss-reactive ketones (excluding diaryl/α,β-unsaturated/α-hetero) is 4. The molecule has 4 nitrogen and oxygen atoms in total. The molecule has 0 spiro atoms. The van der Waals surface area contributed by atoms with Crippen molar-refractivity contribution in [2.75, 3.05) is 0 Å². The van der Waals surface area contributed by atoms with Crippen LogP contribution in [-0.4, -0.2) is 23.1 Å². The molecule has 4 heteroatoms. The third kappa shape index (κ3) is 4.16. The minimum atomic E-state index is -1.29. The van der Waals surface area contributed by atoms with Crippen molar-refractivity contribution in [2.45, 2.75) is 60.8 Å². The highest BCUT2D eigenvalue weighted by Gasteiger charge is 2.55. The van der Waals surface area contributed by atoms with Gasteiger partial charge in [0.15, 0.2) is 23.1 Å². The van der Waals surface area contributed by atoms with Gasteiger partial charge in [-0.2, -0.15) is 0 Å². The Morgan fingerprint density at radius 3 is 1.88 bits per heavy atom. The molecule has 1 aliphatic carbocycles. The van der Waals surface area contributed by atoms with Gasteiger partial charge in [0.25, 0.3) is 0 Å². The molecule has 0 N–H and O–H groups in total. The maximum Gasteiger partial charge on any atom is 0.164 e. The Kier molecular flexibility index (Phi) is 6.58. The van der Waals surface area contributed by atoms with Gasteiger partial charge in [-0.25, -0.2) is 0 Å². The molecular formula is C20H28O4. The van der Waals surface area contributed by atoms with E-state index in [4.69, 9.17) is 0 Å². The first-order valence-electron chi connectivity index (χ1n) is 8.43. The van der Waals surface area contributed by atoms with Crippen LogP contribution in [0.5, 0.6) is 0 Å². The van der Waals surface area contributed by atoms with Crippen molar-refractivity contribution in [3.63, 3.8) is 0 Å². The molecule has 0 saturated heterocycles. The fraction of sp³-hybridized carbons (Fsp3) is 0.600. The summed E-state index contributed by atoms with van der Waals surface area (Å²) in [6.45, 7) is 10.9. The first-order valence-corrected chi connectivity index (χ1v) is 8.43. The van der Waals surface area contributed by atoms with E-state index in [0.29, 0.717) is 0 Å². The molecule has 132 valence electrons. The van der Waals surface area contributed by atoms with Gasteiger partial charge >= 0.3 is 0 Å². The third-order valence-electron chi connectivity index (χ3n) is 4.50. The molecule has 0 aromatic carbocycles. The molecule has 1 saturated carbocycles. The molecular weight excluding hydrogens is 304 g/mol. The smallest absolute Gasteiger partial charge is 0.164 e. The molecule has 24 heavy (non-hydrogen) atoms. The molecule has 1 rings (SSSR count). The fourth-order valence-corrected chi connectivity index (χ4v) is 2.88. The Morgan fingerprint density at radius 2 is 1.50 bits per heavy atom. The molecule has 0 aliphatic heterocycles. The first kappa shape index (κ1) is 20.2. The summed E-state index contributed by atoms with van der Waals surface area (Å²) in [5.74, 6) is -3.51. The molecule has 0 heterocycles. The van der Waals surface area contributed by atoms with Crippen molar-refractivity contribution in [2.24, 2.45) is 17.3 Å². The summed E-state index contributed by atoms with van der Waals surface area (Å²) in [6.07, 6.45) is 3.85. The fourth-order valence-electron chi connectivity index (χ4n) is 2.88. The zero-order valence-electron chi connectivity index (χ0n) is 15.6. The topological polar surface area (TPSA) is 68.3 Å². The standard InChI is InChI=1S/C20H28O4/c1-12(2)7-9-20(10-8-13(3)4)16(22)11-15(21)17(19(20)24)18(23)14(5)6/h7-8,14,17H,9-11H2,1-6H3. The van der Waals surface area contributed by atoms with Crippen molar-refractivity contribution in [3.05, 3.63) is 23.3 Å². The lowest BCUT2D eigenvalue weighted by Crippen LogP contribution is -2.53. The predicted octanol–water partition coefficient (Wildman–Crippen LogP) is 3.64. The van der Waals surface area contributed by atoms with E-state index in [0.717, 1.165) is 11.1 Å². The largest absolute Gasteiger partial charge is 0.298 e. The second-order valence-corrected chi connectivity index (χ2v) is 7.47. The summed E-state index contributed by atoms with van der Waals surface area (Å²) in [5, 5.41) is 0. The molecule has 0 aromatic heterocycles. The first-order chi connectivity index (χ1) is 11.0. The number of ketones is 4. The molecule has 0 aromatic rings. The van der Waals surface area contributed by atoms with Crippen LogP contribution in [0.25, 0.3) is 0 Å². The number of carbonyl (C=O) groups is 4. The van der Waals surface area contributed by atoms with Gasteiger partial charge in [-0.05, 0) is 40.5 Å². The van der Waals surface area contributed by atoms with E-state index in [1.807, 2.05) is 39.8 Å². The summed E-state index contributed by atoms with van der Waals surface area (Å²) in [7, 11) is 0. The van der Waals surface area contributed by atoms with Crippen molar-refractivity contribution < 1.29 is 19.2 Å². The van der Waals surface area contributed by atoms with E-state index in [9.17, 15) is 19.2 Å². The van der Waals surface area contributed by atoms with Gasteiger partial charge in [0, 0.05) is 5.92 Å². The van der Waals surface area contributed by atoms with E-state index < -0.39 is 28.8 Å². The van der Waals surface area contributed by atoms with Crippen LogP contribution in [0.4, 0.5) is 0 Å². The van der Waals surface area contributed by atoms with Crippen LogP contribution in [0.2, 0.25) is 0 Å². The number of hydrogen-bond acceptors (Lipinski definition) is 4. The minimum Gasteiger partial charge on any atom is -0.298 e. The van der Waals surface area contributed by atoms with Crippen molar-refractivity contribution in [1.29, 1.82) is 0 Å². The molecule has 1 atom stereocenters. The molecule has 0 radical (unpaired) electrons. The van der Waals surface area contributed by atoms with Gasteiger partial charge in [0.2, 0.25) is 0 Å². The van der Waals surface area contributed by atoms with Crippen LogP contribution in [0.15, 0.2) is 23.3 Å². The number of allylic oxidation sites excluding steroid dienone is 4. The maximum atomic E-state index is 13.1. The molecule has 0 amide bonds. The summed E-state index contributed by atoms with van der Waals surface area (Å²) in [5.41, 5.74) is 0.698. The summed E-state index contributed by atoms with van der Waals surface area (Å²) < 4.78 is 0. The van der Waals surface area contributed by atoms with Gasteiger partial charge in [0.1, 0.15) is 5.92 Å². The number of carbonyl (C=O) groups excluding carboxylic acids is 4. The van der Waals surface area contributed by atoms with E-state index in [-0.39, 0.29) is 30.8 Å². The van der Waals surface area contributed by atoms with Crippen LogP contribution in [0, 0.1) is 17.3 Å². The average Bonchev–Trinajstić information content (AvgIpc) is 2.45. The number of rotatable bonds is 6. The van der Waals surface area contributed by atoms with Crippen LogP contribution in [0.3, 0.4) is 0 Å². The number of hydrogen-bond donors (Lipinski definition) is 0. The molecule has 1 fully saturated rings. The van der Waals surface area contributed by atoms with Gasteiger partial charge < -0.3 is 0 Å². The Morgan fingerprint density at radius 1 is 1.04 bits per heavy atom. The van der Waals surface area contributed by atoms with E-state index in [1.165, 1.54) is 0 Å². The lowest BCUT2D eigenvalue weighted by molar-refractivity contribution is -0.155. The zero-order valence-corrected chi connectivity index (χ0v) is 15.6. The highest BCUT2D eigenvalue weighted by atomic mass is 16.2. The van der Waals surface area contributed by atoms with Crippen LogP contribution in [-0.2, 0) is 19.2 Å². The van der Waals surface area contributed by atoms with Crippen LogP contribution in [0.1, 0.15) is 60.8 Å². The third-order valence-corrected chi connectivity index (χ3v) is 4.50. The van der Waals surface area contributed by atoms with Gasteiger partial charge in [-0.15, -0.1) is 0 Å². The highest BCUT2D eigenvalue weighted by molar-refractivity contribution is 6.33. The Bertz CT molecular complexity index is 592. The van der Waals surface area contributed by atoms with Crippen molar-refractivity contribution in [1.82, 2.24) is 0 Å². The second kappa shape index (κ2) is 7.82. The van der Waals surface area contributed by atoms with Crippen LogP contribution < -0.4 is 0 Å². The molecule has 1 aliphatic rings. The van der Waals surface area contributed by atoms with Crippen molar-refractivity contribution in [3.8, 4) is 0 Å². The SMILES string of the molecule is CC(C)=CCC1(CC=C(C)C)C(=O)CC(=O)C(C(=O)C(C)C)C1=O. The Balaban J connectivity index is 3.41. The quantitative estimate of drug-likeness (QED) is 0.550. The van der Waals surface area contributed by atoms with Gasteiger partial charge in [0.05, 0.1) is 11.8 Å². The summed E-state index contributed by atoms with van der Waals surface area (Å²) in [4.78, 5) is 50.4. The average molecular weight is 332 g/mol. The normalized spacial score (nSPS) is 20.1. The predicted molar refractivity (Wildman–Crippen MR) is 93.5 cm³/mol. The lowest BCUT2D eigenvalue weighted by atomic mass is 9.61. The van der Waals surface area contributed by atoms with E-state index in [1.54, 1.807) is 13.8 Å². The second-order valence-electron chi connectivity index (χ2n) is 7.47. The molecule has 1 unspecified atom stereocenters. The zero-order chi connectivity index (χ0) is 18.7. The summed E-state index contributed by atoms with van der Waals surface area (Å²) in [6, 6.07) is 0. The molecule has 0 bridgehead atoms. The van der Waals surface area contributed by atoms with Crippen LogP contribution >= 0.6 is 0 Å². The minimum absolute atomic E-state index is 0.242. The van der Waals surface area contributed by atoms with E-state index in [2.05, 4.69) is 0 Å². The lowest BCUT2D eigenvalue weighted by Gasteiger charge is -2.36. The van der Waals surface area contributed by atoms with Crippen molar-refractivity contribution >= 4 is 23.1 Å². The Labute approximate surface area is 144 Å². The highest BCUT2D eigenvalue weighted by Crippen LogP contribution is 2.40.